The fourth-order valence-electron chi connectivity index (χ4n) is 0.953. The lowest BCUT2D eigenvalue weighted by atomic mass is 10.5. The van der Waals surface area contributed by atoms with Gasteiger partial charge in [-0.25, -0.2) is 4.79 Å². The third-order valence-electron chi connectivity index (χ3n) is 2.08. The monoisotopic (exact) mass is 273 g/mol. The Bertz CT molecular complexity index is 421. The smallest absolute Gasteiger partial charge is 0.396 e. The van der Waals surface area contributed by atoms with E-state index in [4.69, 9.17) is 9.15 Å². The maximum Gasteiger partial charge on any atom is 0.396 e. The summed E-state index contributed by atoms with van der Waals surface area (Å²) in [5.41, 5.74) is 0. The number of hydrogen-bond acceptors (Lipinski definition) is 7. The van der Waals surface area contributed by atoms with Crippen LogP contribution in [0.5, 0.6) is 0 Å². The highest BCUT2D eigenvalue weighted by Crippen LogP contribution is 2.16. The van der Waals surface area contributed by atoms with Crippen LogP contribution < -0.4 is 0 Å². The number of nitrogens with zero attached hydrogens (tertiary/aromatic N) is 3. The molecule has 0 unspecified atom stereocenters. The van der Waals surface area contributed by atoms with Crippen molar-refractivity contribution < 1.29 is 18.7 Å². The van der Waals surface area contributed by atoms with Gasteiger partial charge in [-0.15, -0.1) is 5.10 Å². The molecule has 0 aromatic carbocycles. The Morgan fingerprint density at radius 3 is 2.72 bits per heavy atom. The molecule has 1 aromatic heterocycles. The number of ether oxygens (including phenoxy) is 1. The summed E-state index contributed by atoms with van der Waals surface area (Å²) in [5, 5.41) is 7.37. The van der Waals surface area contributed by atoms with E-state index < -0.39 is 5.97 Å². The van der Waals surface area contributed by atoms with Crippen molar-refractivity contribution in [2.75, 3.05) is 26.0 Å². The molecule has 18 heavy (non-hydrogen) atoms. The molecule has 0 spiro atoms. The highest BCUT2D eigenvalue weighted by atomic mass is 32.2. The first-order valence-electron chi connectivity index (χ1n) is 5.45. The van der Waals surface area contributed by atoms with Crippen LogP contribution in [0.2, 0.25) is 0 Å². The fourth-order valence-corrected chi connectivity index (χ4v) is 1.66. The van der Waals surface area contributed by atoms with Crippen molar-refractivity contribution in [3.63, 3.8) is 0 Å². The third-order valence-corrected chi connectivity index (χ3v) is 2.88. The Kier molecular flexibility index (Phi) is 5.63. The van der Waals surface area contributed by atoms with Crippen LogP contribution in [-0.4, -0.2) is 52.9 Å². The van der Waals surface area contributed by atoms with E-state index in [2.05, 4.69) is 10.2 Å². The molecule has 0 N–H and O–H groups in total. The summed E-state index contributed by atoms with van der Waals surface area (Å²) in [5.74, 6) is -0.711. The summed E-state index contributed by atoms with van der Waals surface area (Å²) < 4.78 is 9.76. The lowest BCUT2D eigenvalue weighted by Crippen LogP contribution is -2.27. The van der Waals surface area contributed by atoms with Crippen LogP contribution >= 0.6 is 11.8 Å². The second kappa shape index (κ2) is 7.00. The van der Waals surface area contributed by atoms with Gasteiger partial charge < -0.3 is 14.1 Å². The van der Waals surface area contributed by atoms with Crippen molar-refractivity contribution in [2.45, 2.75) is 19.1 Å². The average molecular weight is 273 g/mol. The first kappa shape index (κ1) is 14.5. The molecule has 0 fully saturated rings. The molecule has 0 saturated heterocycles. The highest BCUT2D eigenvalue weighted by Gasteiger charge is 2.17. The topological polar surface area (TPSA) is 85.5 Å². The normalized spacial score (nSPS) is 10.2. The van der Waals surface area contributed by atoms with Gasteiger partial charge in [0.25, 0.3) is 5.22 Å². The number of aromatic nitrogens is 2. The van der Waals surface area contributed by atoms with Gasteiger partial charge in [0, 0.05) is 13.6 Å². The molecule has 0 radical (unpaired) electrons. The van der Waals surface area contributed by atoms with Crippen LogP contribution in [-0.2, 0) is 9.53 Å². The number of carbonyl (C=O) groups is 2. The zero-order chi connectivity index (χ0) is 13.5. The largest absolute Gasteiger partial charge is 0.459 e. The molecule has 0 saturated carbocycles. The van der Waals surface area contributed by atoms with E-state index in [0.717, 1.165) is 11.8 Å². The van der Waals surface area contributed by atoms with Gasteiger partial charge in [-0.1, -0.05) is 16.9 Å². The van der Waals surface area contributed by atoms with Crippen LogP contribution in [0.4, 0.5) is 0 Å². The standard InChI is InChI=1S/C10H15N3O4S/c1-4-13(3)7(14)6-18-10-12-11-8(17-10)9(15)16-5-2/h4-6H2,1-3H3. The lowest BCUT2D eigenvalue weighted by molar-refractivity contribution is -0.126. The van der Waals surface area contributed by atoms with Crippen molar-refractivity contribution in [1.29, 1.82) is 0 Å². The Morgan fingerprint density at radius 1 is 1.39 bits per heavy atom. The van der Waals surface area contributed by atoms with E-state index in [9.17, 15) is 9.59 Å². The number of hydrogen-bond donors (Lipinski definition) is 0. The second-order valence-corrected chi connectivity index (χ2v) is 4.22. The summed E-state index contributed by atoms with van der Waals surface area (Å²) in [6, 6.07) is 0. The molecule has 0 bridgehead atoms. The molecule has 1 amide bonds. The summed E-state index contributed by atoms with van der Waals surface area (Å²) in [7, 11) is 1.71. The van der Waals surface area contributed by atoms with Gasteiger partial charge >= 0.3 is 11.9 Å². The first-order valence-corrected chi connectivity index (χ1v) is 6.44. The first-order chi connectivity index (χ1) is 8.58. The Labute approximate surface area is 109 Å². The maximum absolute atomic E-state index is 11.5. The third kappa shape index (κ3) is 4.02. The van der Waals surface area contributed by atoms with E-state index in [-0.39, 0.29) is 29.4 Å². The van der Waals surface area contributed by atoms with Gasteiger partial charge in [0.05, 0.1) is 12.4 Å². The van der Waals surface area contributed by atoms with E-state index in [1.807, 2.05) is 6.92 Å². The Hall–Kier alpha value is -1.57. The summed E-state index contributed by atoms with van der Waals surface area (Å²) >= 11 is 1.09. The zero-order valence-corrected chi connectivity index (χ0v) is 11.3. The molecule has 1 rings (SSSR count). The fraction of sp³-hybridized carbons (Fsp3) is 0.600. The predicted octanol–water partition coefficient (Wildman–Crippen LogP) is 0.817. The van der Waals surface area contributed by atoms with Crippen LogP contribution in [0, 0.1) is 0 Å². The van der Waals surface area contributed by atoms with E-state index in [1.165, 1.54) is 0 Å². The summed E-state index contributed by atoms with van der Waals surface area (Å²) in [6.45, 7) is 4.44. The van der Waals surface area contributed by atoms with Gasteiger partial charge in [0.2, 0.25) is 5.91 Å². The highest BCUT2D eigenvalue weighted by molar-refractivity contribution is 7.99. The molecule has 0 aliphatic rings. The maximum atomic E-state index is 11.5. The Balaban J connectivity index is 2.49. The minimum Gasteiger partial charge on any atom is -0.459 e. The number of esters is 1. The van der Waals surface area contributed by atoms with Gasteiger partial charge in [0.15, 0.2) is 0 Å². The van der Waals surface area contributed by atoms with E-state index in [1.54, 1.807) is 18.9 Å². The van der Waals surface area contributed by atoms with E-state index >= 15 is 0 Å². The molecular weight excluding hydrogens is 258 g/mol. The predicted molar refractivity (Wildman–Crippen MR) is 64.3 cm³/mol. The van der Waals surface area contributed by atoms with Crippen molar-refractivity contribution in [1.82, 2.24) is 15.1 Å². The van der Waals surface area contributed by atoms with Crippen LogP contribution in [0.1, 0.15) is 24.5 Å². The lowest BCUT2D eigenvalue weighted by Gasteiger charge is -2.12. The van der Waals surface area contributed by atoms with Crippen LogP contribution in [0.3, 0.4) is 0 Å². The summed E-state index contributed by atoms with van der Waals surface area (Å²) in [6.07, 6.45) is 0. The molecule has 1 heterocycles. The van der Waals surface area contributed by atoms with Gasteiger partial charge in [-0.2, -0.15) is 0 Å². The molecule has 0 atom stereocenters. The molecule has 7 nitrogen and oxygen atoms in total. The average Bonchev–Trinajstić information content (AvgIpc) is 2.84. The van der Waals surface area contributed by atoms with Crippen molar-refractivity contribution >= 4 is 23.6 Å². The number of thioether (sulfide) groups is 1. The zero-order valence-electron chi connectivity index (χ0n) is 10.5. The van der Waals surface area contributed by atoms with E-state index in [0.29, 0.717) is 6.54 Å². The van der Waals surface area contributed by atoms with Crippen molar-refractivity contribution in [3.05, 3.63) is 5.89 Å². The molecule has 100 valence electrons. The van der Waals surface area contributed by atoms with Gasteiger partial charge in [0.1, 0.15) is 0 Å². The molecule has 1 aromatic rings. The Morgan fingerprint density at radius 2 is 2.11 bits per heavy atom. The van der Waals surface area contributed by atoms with Gasteiger partial charge in [-0.3, -0.25) is 4.79 Å². The number of carbonyl (C=O) groups excluding carboxylic acids is 2. The minimum atomic E-state index is -0.658. The summed E-state index contributed by atoms with van der Waals surface area (Å²) in [4.78, 5) is 24.3. The van der Waals surface area contributed by atoms with Crippen LogP contribution in [0.25, 0.3) is 0 Å². The number of rotatable bonds is 6. The van der Waals surface area contributed by atoms with Gasteiger partial charge in [-0.05, 0) is 13.8 Å². The SMILES string of the molecule is CCOC(=O)c1nnc(SCC(=O)N(C)CC)o1. The van der Waals surface area contributed by atoms with Crippen molar-refractivity contribution in [2.24, 2.45) is 0 Å². The quantitative estimate of drug-likeness (QED) is 0.560. The van der Waals surface area contributed by atoms with Crippen molar-refractivity contribution in [3.8, 4) is 0 Å². The molecule has 0 aliphatic heterocycles. The van der Waals surface area contributed by atoms with Crippen LogP contribution in [0.15, 0.2) is 9.64 Å². The molecule has 0 aliphatic carbocycles. The molecular formula is C10H15N3O4S. The molecule has 8 heteroatoms. The number of amides is 1. The second-order valence-electron chi connectivity index (χ2n) is 3.29. The minimum absolute atomic E-state index is 0.0432.